The Bertz CT molecular complexity index is 895. The Morgan fingerprint density at radius 2 is 1.85 bits per heavy atom. The molecule has 3 aromatic rings. The number of carbonyl (C=O) groups is 2. The van der Waals surface area contributed by atoms with E-state index in [0.717, 1.165) is 5.69 Å². The van der Waals surface area contributed by atoms with Crippen molar-refractivity contribution in [2.75, 3.05) is 11.9 Å². The number of nitrogens with one attached hydrogen (secondary N) is 1. The van der Waals surface area contributed by atoms with Crippen LogP contribution in [0.5, 0.6) is 0 Å². The number of benzene rings is 1. The van der Waals surface area contributed by atoms with Crippen LogP contribution in [0.3, 0.4) is 0 Å². The van der Waals surface area contributed by atoms with Gasteiger partial charge in [0.05, 0.1) is 30.6 Å². The summed E-state index contributed by atoms with van der Waals surface area (Å²) in [5.41, 5.74) is 1.60. The molecule has 1 aromatic carbocycles. The second kappa shape index (κ2) is 8.66. The number of nitrogens with zero attached hydrogens (tertiary/aromatic N) is 2. The van der Waals surface area contributed by atoms with Crippen LogP contribution >= 0.6 is 0 Å². The molecule has 2 heterocycles. The highest BCUT2D eigenvalue weighted by Crippen LogP contribution is 2.20. The summed E-state index contributed by atoms with van der Waals surface area (Å²) in [5.74, 6) is -0.598. The van der Waals surface area contributed by atoms with Gasteiger partial charge < -0.3 is 19.7 Å². The second-order valence-electron chi connectivity index (χ2n) is 5.85. The van der Waals surface area contributed by atoms with Gasteiger partial charge >= 0.3 is 5.97 Å². The lowest BCUT2D eigenvalue weighted by atomic mass is 10.1. The van der Waals surface area contributed by atoms with Gasteiger partial charge in [0.2, 0.25) is 0 Å². The van der Waals surface area contributed by atoms with Gasteiger partial charge in [-0.1, -0.05) is 18.2 Å². The number of anilines is 1. The molecule has 0 saturated carbocycles. The van der Waals surface area contributed by atoms with Crippen LogP contribution in [0.25, 0.3) is 0 Å². The van der Waals surface area contributed by atoms with E-state index in [4.69, 9.17) is 9.52 Å². The molecular weight excluding hydrogens is 346 g/mol. The average molecular weight is 365 g/mol. The van der Waals surface area contributed by atoms with Gasteiger partial charge in [0, 0.05) is 11.9 Å². The van der Waals surface area contributed by atoms with Crippen molar-refractivity contribution in [1.29, 1.82) is 0 Å². The van der Waals surface area contributed by atoms with Crippen molar-refractivity contribution in [1.82, 2.24) is 9.88 Å². The summed E-state index contributed by atoms with van der Waals surface area (Å²) in [6.07, 6.45) is 3.23. The van der Waals surface area contributed by atoms with Crippen LogP contribution < -0.4 is 5.32 Å². The Kier molecular flexibility index (Phi) is 5.84. The predicted molar refractivity (Wildman–Crippen MR) is 99.1 cm³/mol. The van der Waals surface area contributed by atoms with E-state index >= 15 is 0 Å². The first kappa shape index (κ1) is 18.2. The molecule has 0 atom stereocenters. The molecule has 0 fully saturated rings. The number of aromatic nitrogens is 1. The van der Waals surface area contributed by atoms with Crippen molar-refractivity contribution in [3.8, 4) is 0 Å². The first-order valence-electron chi connectivity index (χ1n) is 8.40. The Balaban J connectivity index is 1.87. The summed E-state index contributed by atoms with van der Waals surface area (Å²) in [6.45, 7) is 0.298. The van der Waals surface area contributed by atoms with Crippen molar-refractivity contribution in [3.63, 3.8) is 0 Å². The highest BCUT2D eigenvalue weighted by atomic mass is 16.4. The number of aliphatic carboxylic acids is 1. The Labute approximate surface area is 156 Å². The van der Waals surface area contributed by atoms with Gasteiger partial charge in [0.15, 0.2) is 0 Å². The number of rotatable bonds is 8. The fourth-order valence-corrected chi connectivity index (χ4v) is 2.64. The van der Waals surface area contributed by atoms with Gasteiger partial charge in [-0.25, -0.2) is 0 Å². The number of carbonyl (C=O) groups excluding carboxylic acids is 1. The lowest BCUT2D eigenvalue weighted by Gasteiger charge is -2.23. The molecule has 0 saturated heterocycles. The summed E-state index contributed by atoms with van der Waals surface area (Å²) in [4.78, 5) is 30.0. The van der Waals surface area contributed by atoms with E-state index in [1.165, 1.54) is 0 Å². The maximum atomic E-state index is 13.2. The third kappa shape index (κ3) is 4.94. The third-order valence-electron chi connectivity index (χ3n) is 3.88. The van der Waals surface area contributed by atoms with Crippen molar-refractivity contribution < 1.29 is 19.1 Å². The molecule has 0 bridgehead atoms. The molecule has 0 radical (unpaired) electrons. The molecule has 0 aliphatic carbocycles. The highest BCUT2D eigenvalue weighted by molar-refractivity contribution is 5.99. The molecule has 0 unspecified atom stereocenters. The molecule has 1 amide bonds. The van der Waals surface area contributed by atoms with Gasteiger partial charge in [-0.3, -0.25) is 14.6 Å². The molecule has 2 aromatic heterocycles. The van der Waals surface area contributed by atoms with Gasteiger partial charge in [0.25, 0.3) is 5.91 Å². The number of pyridine rings is 1. The number of carboxylic acids is 1. The summed E-state index contributed by atoms with van der Waals surface area (Å²) >= 11 is 0. The zero-order valence-corrected chi connectivity index (χ0v) is 14.5. The van der Waals surface area contributed by atoms with E-state index in [1.54, 1.807) is 53.8 Å². The summed E-state index contributed by atoms with van der Waals surface area (Å²) in [6, 6.07) is 15.9. The molecule has 138 valence electrons. The topological polar surface area (TPSA) is 95.7 Å². The monoisotopic (exact) mass is 365 g/mol. The standard InChI is InChI=1S/C20H19N3O4/c24-19(25)12-22-18-9-2-1-8-17(18)20(26)23(14-16-7-5-11-27-16)13-15-6-3-4-10-21-15/h1-11,22H,12-14H2,(H,24,25). The van der Waals surface area contributed by atoms with Crippen molar-refractivity contribution in [2.45, 2.75) is 13.1 Å². The largest absolute Gasteiger partial charge is 0.480 e. The summed E-state index contributed by atoms with van der Waals surface area (Å²) in [7, 11) is 0. The number of carboxylic acid groups (broad SMARTS) is 1. The van der Waals surface area contributed by atoms with E-state index in [-0.39, 0.29) is 19.0 Å². The molecule has 2 N–H and O–H groups in total. The minimum absolute atomic E-state index is 0.245. The number of hydrogen-bond acceptors (Lipinski definition) is 5. The van der Waals surface area contributed by atoms with Gasteiger partial charge in [-0.2, -0.15) is 0 Å². The van der Waals surface area contributed by atoms with Gasteiger partial charge in [-0.05, 0) is 36.4 Å². The van der Waals surface area contributed by atoms with Crippen molar-refractivity contribution >= 4 is 17.6 Å². The fourth-order valence-electron chi connectivity index (χ4n) is 2.64. The number of furan rings is 1. The molecule has 0 aliphatic heterocycles. The summed E-state index contributed by atoms with van der Waals surface area (Å²) < 4.78 is 5.39. The van der Waals surface area contributed by atoms with Crippen LogP contribution in [0.1, 0.15) is 21.8 Å². The predicted octanol–water partition coefficient (Wildman–Crippen LogP) is 3.01. The lowest BCUT2D eigenvalue weighted by Crippen LogP contribution is -2.31. The van der Waals surface area contributed by atoms with Gasteiger partial charge in [-0.15, -0.1) is 0 Å². The molecule has 7 heteroatoms. The van der Waals surface area contributed by atoms with Crippen molar-refractivity contribution in [2.24, 2.45) is 0 Å². The van der Waals surface area contributed by atoms with Gasteiger partial charge in [0.1, 0.15) is 12.3 Å². The zero-order chi connectivity index (χ0) is 19.1. The third-order valence-corrected chi connectivity index (χ3v) is 3.88. The maximum absolute atomic E-state index is 13.2. The Morgan fingerprint density at radius 1 is 1.04 bits per heavy atom. The first-order chi connectivity index (χ1) is 13.1. The van der Waals surface area contributed by atoms with E-state index in [0.29, 0.717) is 23.6 Å². The first-order valence-corrected chi connectivity index (χ1v) is 8.40. The van der Waals surface area contributed by atoms with Crippen LogP contribution in [0, 0.1) is 0 Å². The second-order valence-corrected chi connectivity index (χ2v) is 5.85. The average Bonchev–Trinajstić information content (AvgIpc) is 3.19. The Morgan fingerprint density at radius 3 is 2.56 bits per heavy atom. The SMILES string of the molecule is O=C(O)CNc1ccccc1C(=O)N(Cc1ccccn1)Cc1ccco1. The van der Waals surface area contributed by atoms with Crippen LogP contribution in [-0.2, 0) is 17.9 Å². The van der Waals surface area contributed by atoms with Crippen LogP contribution in [0.2, 0.25) is 0 Å². The quantitative estimate of drug-likeness (QED) is 0.637. The Hall–Kier alpha value is -3.61. The van der Waals surface area contributed by atoms with Crippen LogP contribution in [0.15, 0.2) is 71.5 Å². The van der Waals surface area contributed by atoms with Crippen LogP contribution in [0.4, 0.5) is 5.69 Å². The molecular formula is C20H19N3O4. The molecule has 0 spiro atoms. The fraction of sp³-hybridized carbons (Fsp3) is 0.150. The normalized spacial score (nSPS) is 10.4. The highest BCUT2D eigenvalue weighted by Gasteiger charge is 2.21. The van der Waals surface area contributed by atoms with E-state index < -0.39 is 5.97 Å². The molecule has 3 rings (SSSR count). The molecule has 0 aliphatic rings. The number of para-hydroxylation sites is 1. The van der Waals surface area contributed by atoms with Crippen molar-refractivity contribution in [3.05, 3.63) is 84.1 Å². The number of hydrogen-bond donors (Lipinski definition) is 2. The molecule has 27 heavy (non-hydrogen) atoms. The smallest absolute Gasteiger partial charge is 0.322 e. The minimum atomic E-state index is -1.00. The zero-order valence-electron chi connectivity index (χ0n) is 14.5. The number of amides is 1. The molecule has 7 nitrogen and oxygen atoms in total. The lowest BCUT2D eigenvalue weighted by molar-refractivity contribution is -0.134. The van der Waals surface area contributed by atoms with E-state index in [2.05, 4.69) is 10.3 Å². The van der Waals surface area contributed by atoms with E-state index in [1.807, 2.05) is 18.2 Å². The summed E-state index contributed by atoms with van der Waals surface area (Å²) in [5, 5.41) is 11.7. The van der Waals surface area contributed by atoms with Crippen LogP contribution in [-0.4, -0.2) is 33.4 Å². The minimum Gasteiger partial charge on any atom is -0.480 e. The maximum Gasteiger partial charge on any atom is 0.322 e. The van der Waals surface area contributed by atoms with E-state index in [9.17, 15) is 9.59 Å².